The summed E-state index contributed by atoms with van der Waals surface area (Å²) < 4.78 is 35.4. The monoisotopic (exact) mass is 402 g/mol. The molecule has 2 aromatic rings. The number of hydrogen-bond donors (Lipinski definition) is 2. The van der Waals surface area contributed by atoms with Gasteiger partial charge >= 0.3 is 12.6 Å². The number of nitrogens with zero attached hydrogens (tertiary/aromatic N) is 1. The van der Waals surface area contributed by atoms with E-state index in [4.69, 9.17) is 9.84 Å². The number of hydrogen-bond acceptors (Lipinski definition) is 5. The van der Waals surface area contributed by atoms with Crippen molar-refractivity contribution in [1.82, 2.24) is 0 Å². The molecule has 9 heteroatoms. The van der Waals surface area contributed by atoms with Crippen LogP contribution >= 0.6 is 0 Å². The fourth-order valence-electron chi connectivity index (χ4n) is 2.33. The molecule has 0 heterocycles. The van der Waals surface area contributed by atoms with Crippen LogP contribution in [-0.2, 0) is 4.79 Å². The van der Waals surface area contributed by atoms with Crippen LogP contribution in [0.25, 0.3) is 6.08 Å². The molecule has 0 aromatic heterocycles. The van der Waals surface area contributed by atoms with Gasteiger partial charge in [0.15, 0.2) is 11.5 Å². The molecule has 0 bridgehead atoms. The topological polar surface area (TPSA) is 109 Å². The van der Waals surface area contributed by atoms with Gasteiger partial charge in [-0.25, -0.2) is 4.79 Å². The third-order valence-electron chi connectivity index (χ3n) is 3.57. The molecule has 0 saturated heterocycles. The van der Waals surface area contributed by atoms with Crippen LogP contribution in [0.5, 0.6) is 11.5 Å². The van der Waals surface area contributed by atoms with Crippen molar-refractivity contribution in [2.75, 3.05) is 11.9 Å². The molecule has 2 rings (SSSR count). The minimum Gasteiger partial charge on any atom is -0.490 e. The van der Waals surface area contributed by atoms with Crippen molar-refractivity contribution in [1.29, 1.82) is 5.26 Å². The highest BCUT2D eigenvalue weighted by molar-refractivity contribution is 6.10. The van der Waals surface area contributed by atoms with Gasteiger partial charge < -0.3 is 19.9 Å². The van der Waals surface area contributed by atoms with E-state index in [-0.39, 0.29) is 40.5 Å². The van der Waals surface area contributed by atoms with Crippen LogP contribution in [0.4, 0.5) is 14.5 Å². The van der Waals surface area contributed by atoms with Gasteiger partial charge in [-0.05, 0) is 43.3 Å². The van der Waals surface area contributed by atoms with E-state index in [9.17, 15) is 23.6 Å². The van der Waals surface area contributed by atoms with Crippen LogP contribution in [0.1, 0.15) is 22.8 Å². The first kappa shape index (κ1) is 21.4. The lowest BCUT2D eigenvalue weighted by Gasteiger charge is -2.14. The summed E-state index contributed by atoms with van der Waals surface area (Å²) in [7, 11) is 0. The number of rotatable bonds is 8. The Morgan fingerprint density at radius 2 is 1.93 bits per heavy atom. The Kier molecular flexibility index (Phi) is 7.26. The number of ether oxygens (including phenoxy) is 2. The number of carbonyl (C=O) groups is 2. The van der Waals surface area contributed by atoms with Gasteiger partial charge in [-0.1, -0.05) is 12.1 Å². The lowest BCUT2D eigenvalue weighted by Crippen LogP contribution is -2.14. The molecule has 2 aromatic carbocycles. The maximum Gasteiger partial charge on any atom is 0.387 e. The minimum atomic E-state index is -3.13. The van der Waals surface area contributed by atoms with Crippen LogP contribution in [0.3, 0.4) is 0 Å². The SMILES string of the molecule is CCOc1cccc(/C=C(\C#N)C(=O)Nc2ccc(C(=O)O)cc2)c1OC(F)F. The number of halogens is 2. The van der Waals surface area contributed by atoms with E-state index in [0.717, 1.165) is 6.08 Å². The second-order valence-electron chi connectivity index (χ2n) is 5.49. The largest absolute Gasteiger partial charge is 0.490 e. The van der Waals surface area contributed by atoms with E-state index in [0.29, 0.717) is 0 Å². The molecule has 0 aliphatic heterocycles. The van der Waals surface area contributed by atoms with Crippen LogP contribution < -0.4 is 14.8 Å². The van der Waals surface area contributed by atoms with Crippen LogP contribution in [0, 0.1) is 11.3 Å². The molecule has 0 atom stereocenters. The molecule has 0 unspecified atom stereocenters. The van der Waals surface area contributed by atoms with E-state index < -0.39 is 18.5 Å². The quantitative estimate of drug-likeness (QED) is 0.512. The predicted molar refractivity (Wildman–Crippen MR) is 99.9 cm³/mol. The van der Waals surface area contributed by atoms with Crippen molar-refractivity contribution in [2.24, 2.45) is 0 Å². The summed E-state index contributed by atoms with van der Waals surface area (Å²) in [6.45, 7) is -1.26. The Balaban J connectivity index is 2.33. The zero-order valence-corrected chi connectivity index (χ0v) is 15.2. The van der Waals surface area contributed by atoms with Gasteiger partial charge in [-0.2, -0.15) is 14.0 Å². The van der Waals surface area contributed by atoms with Crippen molar-refractivity contribution in [3.63, 3.8) is 0 Å². The molecule has 0 aliphatic rings. The van der Waals surface area contributed by atoms with Crippen molar-refractivity contribution in [3.05, 3.63) is 59.2 Å². The van der Waals surface area contributed by atoms with Gasteiger partial charge in [0.2, 0.25) is 0 Å². The summed E-state index contributed by atoms with van der Waals surface area (Å²) in [5, 5.41) is 20.6. The first-order valence-corrected chi connectivity index (χ1v) is 8.32. The van der Waals surface area contributed by atoms with Crippen molar-refractivity contribution < 1.29 is 33.0 Å². The fourth-order valence-corrected chi connectivity index (χ4v) is 2.33. The first-order valence-electron chi connectivity index (χ1n) is 8.32. The molecule has 0 radical (unpaired) electrons. The maximum absolute atomic E-state index is 12.8. The lowest BCUT2D eigenvalue weighted by atomic mass is 10.1. The van der Waals surface area contributed by atoms with Crippen molar-refractivity contribution in [3.8, 4) is 17.6 Å². The molecule has 0 aliphatic carbocycles. The maximum atomic E-state index is 12.8. The number of nitrogens with one attached hydrogen (secondary N) is 1. The summed E-state index contributed by atoms with van der Waals surface area (Å²) in [5.41, 5.74) is -0.0295. The third kappa shape index (κ3) is 5.77. The Morgan fingerprint density at radius 3 is 2.48 bits per heavy atom. The van der Waals surface area contributed by atoms with E-state index in [2.05, 4.69) is 10.1 Å². The number of nitriles is 1. The summed E-state index contributed by atoms with van der Waals surface area (Å²) in [5.74, 6) is -2.18. The summed E-state index contributed by atoms with van der Waals surface area (Å²) in [6.07, 6.45) is 1.10. The van der Waals surface area contributed by atoms with Gasteiger partial charge in [-0.15, -0.1) is 0 Å². The number of carboxylic acid groups (broad SMARTS) is 1. The van der Waals surface area contributed by atoms with E-state index in [1.165, 1.54) is 42.5 Å². The Hall–Kier alpha value is -3.93. The Bertz CT molecular complexity index is 966. The molecule has 0 saturated carbocycles. The molecule has 0 fully saturated rings. The number of anilines is 1. The van der Waals surface area contributed by atoms with Crippen LogP contribution in [-0.4, -0.2) is 30.2 Å². The third-order valence-corrected chi connectivity index (χ3v) is 3.57. The van der Waals surface area contributed by atoms with Gasteiger partial charge in [0.05, 0.1) is 12.2 Å². The van der Waals surface area contributed by atoms with Gasteiger partial charge in [-0.3, -0.25) is 4.79 Å². The number of aromatic carboxylic acids is 1. The highest BCUT2D eigenvalue weighted by atomic mass is 19.3. The van der Waals surface area contributed by atoms with E-state index >= 15 is 0 Å². The fraction of sp³-hybridized carbons (Fsp3) is 0.150. The predicted octanol–water partition coefficient (Wildman–Crippen LogP) is 3.93. The number of alkyl halides is 2. The standard InChI is InChI=1S/C20H16F2N2O5/c1-2-28-16-5-3-4-13(17(16)29-20(21)22)10-14(11-23)18(25)24-15-8-6-12(7-9-15)19(26)27/h3-10,20H,2H2,1H3,(H,24,25)(H,26,27)/b14-10+. The molecular formula is C20H16F2N2O5. The molecular weight excluding hydrogens is 386 g/mol. The number of benzene rings is 2. The Labute approximate surface area is 164 Å². The molecule has 2 N–H and O–H groups in total. The van der Waals surface area contributed by atoms with Gasteiger partial charge in [0.25, 0.3) is 5.91 Å². The average molecular weight is 402 g/mol. The molecule has 150 valence electrons. The molecule has 29 heavy (non-hydrogen) atoms. The molecule has 0 spiro atoms. The van der Waals surface area contributed by atoms with Crippen LogP contribution in [0.15, 0.2) is 48.0 Å². The normalized spacial score (nSPS) is 10.9. The minimum absolute atomic E-state index is 0.0283. The van der Waals surface area contributed by atoms with Crippen molar-refractivity contribution >= 4 is 23.6 Å². The molecule has 1 amide bonds. The van der Waals surface area contributed by atoms with E-state index in [1.807, 2.05) is 0 Å². The van der Waals surface area contributed by atoms with E-state index in [1.54, 1.807) is 13.0 Å². The van der Waals surface area contributed by atoms with Crippen molar-refractivity contribution in [2.45, 2.75) is 13.5 Å². The second-order valence-corrected chi connectivity index (χ2v) is 5.49. The Morgan fingerprint density at radius 1 is 1.24 bits per heavy atom. The summed E-state index contributed by atoms with van der Waals surface area (Å²) in [4.78, 5) is 23.2. The molecule has 7 nitrogen and oxygen atoms in total. The van der Waals surface area contributed by atoms with Gasteiger partial charge in [0, 0.05) is 11.3 Å². The summed E-state index contributed by atoms with van der Waals surface area (Å²) >= 11 is 0. The first-order chi connectivity index (χ1) is 13.8. The highest BCUT2D eigenvalue weighted by Gasteiger charge is 2.17. The van der Waals surface area contributed by atoms with Crippen LogP contribution in [0.2, 0.25) is 0 Å². The average Bonchev–Trinajstić information content (AvgIpc) is 2.68. The smallest absolute Gasteiger partial charge is 0.387 e. The van der Waals surface area contributed by atoms with Gasteiger partial charge in [0.1, 0.15) is 11.6 Å². The zero-order valence-electron chi connectivity index (χ0n) is 15.2. The number of amides is 1. The second kappa shape index (κ2) is 9.85. The number of carboxylic acids is 1. The number of carbonyl (C=O) groups excluding carboxylic acids is 1. The number of para-hydroxylation sites is 1. The lowest BCUT2D eigenvalue weighted by molar-refractivity contribution is -0.112. The highest BCUT2D eigenvalue weighted by Crippen LogP contribution is 2.34. The summed E-state index contributed by atoms with van der Waals surface area (Å²) in [6, 6.07) is 11.3. The zero-order chi connectivity index (χ0) is 21.4.